The average molecular weight is 476 g/mol. The quantitative estimate of drug-likeness (QED) is 0.543. The van der Waals surface area contributed by atoms with Gasteiger partial charge in [-0.3, -0.25) is 9.59 Å². The van der Waals surface area contributed by atoms with Crippen LogP contribution in [0.3, 0.4) is 0 Å². The van der Waals surface area contributed by atoms with Crippen LogP contribution in [0.15, 0.2) is 60.7 Å². The Morgan fingerprint density at radius 2 is 1.63 bits per heavy atom. The van der Waals surface area contributed by atoms with Gasteiger partial charge in [-0.15, -0.1) is 10.2 Å². The molecular formula is C27H30FN5O2. The van der Waals surface area contributed by atoms with E-state index in [0.717, 1.165) is 16.9 Å². The lowest BCUT2D eigenvalue weighted by atomic mass is 10.1. The Balaban J connectivity index is 1.35. The van der Waals surface area contributed by atoms with Gasteiger partial charge in [0.25, 0.3) is 5.91 Å². The summed E-state index contributed by atoms with van der Waals surface area (Å²) in [5, 5.41) is 8.62. The summed E-state index contributed by atoms with van der Waals surface area (Å²) in [5.41, 5.74) is 3.00. The molecule has 2 heterocycles. The second-order valence-corrected chi connectivity index (χ2v) is 8.99. The second kappa shape index (κ2) is 10.6. The minimum absolute atomic E-state index is 0.0526. The summed E-state index contributed by atoms with van der Waals surface area (Å²) in [7, 11) is 0. The predicted molar refractivity (Wildman–Crippen MR) is 134 cm³/mol. The maximum atomic E-state index is 13.2. The Labute approximate surface area is 205 Å². The normalized spacial score (nSPS) is 13.7. The highest BCUT2D eigenvalue weighted by molar-refractivity contribution is 5.97. The van der Waals surface area contributed by atoms with Crippen LogP contribution in [0.2, 0.25) is 0 Å². The molecule has 2 aromatic carbocycles. The number of piperazine rings is 1. The number of amides is 2. The highest BCUT2D eigenvalue weighted by Gasteiger charge is 2.27. The first-order chi connectivity index (χ1) is 16.8. The molecule has 4 rings (SSSR count). The molecule has 182 valence electrons. The maximum Gasteiger partial charge on any atom is 0.254 e. The highest BCUT2D eigenvalue weighted by Crippen LogP contribution is 2.20. The van der Waals surface area contributed by atoms with Crippen LogP contribution in [0.25, 0.3) is 11.3 Å². The van der Waals surface area contributed by atoms with Crippen LogP contribution in [0, 0.1) is 12.7 Å². The molecule has 1 aliphatic heterocycles. The van der Waals surface area contributed by atoms with Crippen LogP contribution in [0.4, 0.5) is 10.2 Å². The molecule has 0 aliphatic carbocycles. The molecule has 0 radical (unpaired) electrons. The Hall–Kier alpha value is -3.81. The van der Waals surface area contributed by atoms with E-state index < -0.39 is 0 Å². The van der Waals surface area contributed by atoms with E-state index in [9.17, 15) is 14.0 Å². The first-order valence-electron chi connectivity index (χ1n) is 11.8. The van der Waals surface area contributed by atoms with Gasteiger partial charge < -0.3 is 14.7 Å². The van der Waals surface area contributed by atoms with Crippen molar-refractivity contribution in [2.75, 3.05) is 37.6 Å². The molecule has 0 N–H and O–H groups in total. The van der Waals surface area contributed by atoms with E-state index in [4.69, 9.17) is 0 Å². The minimum atomic E-state index is -0.290. The van der Waals surface area contributed by atoms with Crippen molar-refractivity contribution in [2.45, 2.75) is 26.8 Å². The van der Waals surface area contributed by atoms with Gasteiger partial charge in [0.15, 0.2) is 5.82 Å². The fourth-order valence-electron chi connectivity index (χ4n) is 4.16. The van der Waals surface area contributed by atoms with Crippen LogP contribution < -0.4 is 4.90 Å². The monoisotopic (exact) mass is 475 g/mol. The van der Waals surface area contributed by atoms with Gasteiger partial charge in [-0.25, -0.2) is 4.39 Å². The first kappa shape index (κ1) is 24.3. The highest BCUT2D eigenvalue weighted by atomic mass is 19.1. The lowest BCUT2D eigenvalue weighted by Crippen LogP contribution is -2.53. The maximum absolute atomic E-state index is 13.2. The van der Waals surface area contributed by atoms with Crippen molar-refractivity contribution >= 4 is 17.6 Å². The van der Waals surface area contributed by atoms with Crippen LogP contribution in [0.5, 0.6) is 0 Å². The van der Waals surface area contributed by atoms with Crippen molar-refractivity contribution in [1.29, 1.82) is 0 Å². The molecule has 0 spiro atoms. The molecule has 0 unspecified atom stereocenters. The molecule has 2 amide bonds. The molecule has 7 nitrogen and oxygen atoms in total. The number of halogens is 1. The third-order valence-electron chi connectivity index (χ3n) is 6.31. The summed E-state index contributed by atoms with van der Waals surface area (Å²) in [5.74, 6) is 0.267. The summed E-state index contributed by atoms with van der Waals surface area (Å²) in [6.07, 6.45) is 0. The number of aromatic nitrogens is 2. The molecule has 1 saturated heterocycles. The molecule has 8 heteroatoms. The van der Waals surface area contributed by atoms with Crippen molar-refractivity contribution in [3.8, 4) is 11.3 Å². The van der Waals surface area contributed by atoms with E-state index in [1.807, 2.05) is 51.1 Å². The molecule has 1 fully saturated rings. The SMILES string of the molecule is Cc1ccccc1C(=O)N(CC(=O)N1CCN(c2ccc(-c3ccc(F)cc3)nn2)CC1)C(C)C. The zero-order valence-corrected chi connectivity index (χ0v) is 20.3. The smallest absolute Gasteiger partial charge is 0.254 e. The van der Waals surface area contributed by atoms with Gasteiger partial charge in [-0.1, -0.05) is 18.2 Å². The zero-order chi connectivity index (χ0) is 24.9. The van der Waals surface area contributed by atoms with Gasteiger partial charge in [-0.05, 0) is 68.8 Å². The third kappa shape index (κ3) is 5.65. The van der Waals surface area contributed by atoms with Crippen LogP contribution in [-0.2, 0) is 4.79 Å². The number of nitrogens with zero attached hydrogens (tertiary/aromatic N) is 5. The van der Waals surface area contributed by atoms with Crippen LogP contribution in [-0.4, -0.2) is 70.6 Å². The lowest BCUT2D eigenvalue weighted by molar-refractivity contribution is -0.132. The van der Waals surface area contributed by atoms with Crippen molar-refractivity contribution < 1.29 is 14.0 Å². The standard InChI is InChI=1S/C27H30FN5O2/c1-19(2)33(27(35)23-7-5-4-6-20(23)3)18-26(34)32-16-14-31(15-17-32)25-13-12-24(29-30-25)21-8-10-22(28)11-9-21/h4-13,19H,14-18H2,1-3H3. The fraction of sp³-hybridized carbons (Fsp3) is 0.333. The number of hydrogen-bond donors (Lipinski definition) is 0. The second-order valence-electron chi connectivity index (χ2n) is 8.99. The van der Waals surface area contributed by atoms with Crippen molar-refractivity contribution in [2.24, 2.45) is 0 Å². The van der Waals surface area contributed by atoms with E-state index in [1.54, 1.807) is 28.0 Å². The summed E-state index contributed by atoms with van der Waals surface area (Å²) in [6.45, 7) is 8.16. The third-order valence-corrected chi connectivity index (χ3v) is 6.31. The van der Waals surface area contributed by atoms with Gasteiger partial charge in [0.1, 0.15) is 12.4 Å². The van der Waals surface area contributed by atoms with Gasteiger partial charge >= 0.3 is 0 Å². The van der Waals surface area contributed by atoms with E-state index in [0.29, 0.717) is 37.4 Å². The van der Waals surface area contributed by atoms with Crippen LogP contribution >= 0.6 is 0 Å². The summed E-state index contributed by atoms with van der Waals surface area (Å²) < 4.78 is 13.2. The molecule has 35 heavy (non-hydrogen) atoms. The van der Waals surface area contributed by atoms with Crippen molar-refractivity contribution in [3.63, 3.8) is 0 Å². The van der Waals surface area contributed by atoms with Gasteiger partial charge in [0.2, 0.25) is 5.91 Å². The van der Waals surface area contributed by atoms with E-state index in [-0.39, 0.29) is 30.2 Å². The Bertz CT molecular complexity index is 1170. The van der Waals surface area contributed by atoms with Gasteiger partial charge in [0, 0.05) is 43.3 Å². The molecule has 3 aromatic rings. The Morgan fingerprint density at radius 3 is 2.23 bits per heavy atom. The summed E-state index contributed by atoms with van der Waals surface area (Å²) >= 11 is 0. The first-order valence-corrected chi connectivity index (χ1v) is 11.8. The molecule has 0 atom stereocenters. The number of anilines is 1. The number of benzene rings is 2. The number of carbonyl (C=O) groups is 2. The molecule has 1 aliphatic rings. The fourth-order valence-corrected chi connectivity index (χ4v) is 4.16. The lowest BCUT2D eigenvalue weighted by Gasteiger charge is -2.37. The minimum Gasteiger partial charge on any atom is -0.352 e. The summed E-state index contributed by atoms with van der Waals surface area (Å²) in [4.78, 5) is 31.7. The number of hydrogen-bond acceptors (Lipinski definition) is 5. The number of carbonyl (C=O) groups excluding carboxylic acids is 2. The van der Waals surface area contributed by atoms with Crippen molar-refractivity contribution in [3.05, 3.63) is 77.6 Å². The average Bonchev–Trinajstić information content (AvgIpc) is 2.87. The molecule has 0 bridgehead atoms. The Kier molecular flexibility index (Phi) is 7.39. The molecule has 1 aromatic heterocycles. The number of rotatable bonds is 6. The van der Waals surface area contributed by atoms with E-state index in [1.165, 1.54) is 12.1 Å². The molecule has 0 saturated carbocycles. The van der Waals surface area contributed by atoms with Gasteiger partial charge in [-0.2, -0.15) is 0 Å². The van der Waals surface area contributed by atoms with Crippen LogP contribution in [0.1, 0.15) is 29.8 Å². The summed E-state index contributed by atoms with van der Waals surface area (Å²) in [6, 6.07) is 17.3. The van der Waals surface area contributed by atoms with E-state index >= 15 is 0 Å². The number of aryl methyl sites for hydroxylation is 1. The Morgan fingerprint density at radius 1 is 0.943 bits per heavy atom. The zero-order valence-electron chi connectivity index (χ0n) is 20.3. The topological polar surface area (TPSA) is 69.6 Å². The van der Waals surface area contributed by atoms with E-state index in [2.05, 4.69) is 15.1 Å². The van der Waals surface area contributed by atoms with Gasteiger partial charge in [0.05, 0.1) is 5.69 Å². The predicted octanol–water partition coefficient (Wildman–Crippen LogP) is 3.79. The largest absolute Gasteiger partial charge is 0.352 e. The van der Waals surface area contributed by atoms with Crippen molar-refractivity contribution in [1.82, 2.24) is 20.0 Å². The molecular weight excluding hydrogens is 445 g/mol.